The van der Waals surface area contributed by atoms with Gasteiger partial charge in [-0.1, -0.05) is 53.6 Å². The van der Waals surface area contributed by atoms with Crippen molar-refractivity contribution in [3.05, 3.63) is 112 Å². The second-order valence-electron chi connectivity index (χ2n) is 9.05. The lowest BCUT2D eigenvalue weighted by atomic mass is 10.0. The number of H-pyrrole nitrogens is 1. The van der Waals surface area contributed by atoms with Crippen molar-refractivity contribution >= 4 is 40.0 Å². The first-order valence-corrected chi connectivity index (χ1v) is 12.8. The van der Waals surface area contributed by atoms with Crippen LogP contribution in [0, 0.1) is 18.3 Å². The molecule has 0 unspecified atom stereocenters. The van der Waals surface area contributed by atoms with E-state index < -0.39 is 0 Å². The largest absolute Gasteiger partial charge is 0.369 e. The Balaban J connectivity index is 1.34. The van der Waals surface area contributed by atoms with Gasteiger partial charge in [-0.3, -0.25) is 9.59 Å². The third kappa shape index (κ3) is 5.40. The van der Waals surface area contributed by atoms with Gasteiger partial charge in [-0.25, -0.2) is 4.68 Å². The Morgan fingerprint density at radius 3 is 2.54 bits per heavy atom. The number of aromatic nitrogens is 3. The van der Waals surface area contributed by atoms with E-state index in [4.69, 9.17) is 11.6 Å². The highest BCUT2D eigenvalue weighted by molar-refractivity contribution is 6.30. The lowest BCUT2D eigenvalue weighted by Gasteiger charge is -2.11. The van der Waals surface area contributed by atoms with Gasteiger partial charge in [0.15, 0.2) is 5.69 Å². The molecule has 194 valence electrons. The van der Waals surface area contributed by atoms with E-state index in [1.54, 1.807) is 53.3 Å². The molecule has 5 aromatic rings. The van der Waals surface area contributed by atoms with Crippen molar-refractivity contribution in [2.24, 2.45) is 0 Å². The van der Waals surface area contributed by atoms with Gasteiger partial charge in [-0.2, -0.15) is 10.4 Å². The predicted molar refractivity (Wildman–Crippen MR) is 152 cm³/mol. The molecular formula is C30H25ClN6O2. The summed E-state index contributed by atoms with van der Waals surface area (Å²) in [5.74, 6) is -0.108. The van der Waals surface area contributed by atoms with Crippen molar-refractivity contribution < 1.29 is 9.59 Å². The van der Waals surface area contributed by atoms with Gasteiger partial charge in [-0.05, 0) is 49.7 Å². The van der Waals surface area contributed by atoms with E-state index in [9.17, 15) is 14.9 Å². The summed E-state index contributed by atoms with van der Waals surface area (Å²) in [5, 5.41) is 22.3. The summed E-state index contributed by atoms with van der Waals surface area (Å²) < 4.78 is 1.54. The number of hydrogen-bond acceptors (Lipinski definition) is 5. The smallest absolute Gasteiger partial charge is 0.253 e. The molecule has 0 fully saturated rings. The highest BCUT2D eigenvalue weighted by Crippen LogP contribution is 2.26. The van der Waals surface area contributed by atoms with Crippen LogP contribution >= 0.6 is 11.6 Å². The quantitative estimate of drug-likeness (QED) is 0.166. The number of anilines is 1. The van der Waals surface area contributed by atoms with E-state index in [-0.39, 0.29) is 22.9 Å². The summed E-state index contributed by atoms with van der Waals surface area (Å²) >= 11 is 6.07. The fourth-order valence-corrected chi connectivity index (χ4v) is 4.45. The van der Waals surface area contributed by atoms with E-state index in [2.05, 4.69) is 26.8 Å². The number of nitrogens with one attached hydrogen (secondary N) is 3. The van der Waals surface area contributed by atoms with E-state index in [0.717, 1.165) is 16.5 Å². The number of hydrogen-bond donors (Lipinski definition) is 3. The SMILES string of the molecule is Cc1ccc(C(=O)c2nn(-c3ccc(Cl)cc3)c(NCCCNC(=O)c3cccc4cc[nH]c34)c2C#N)cc1. The fourth-order valence-electron chi connectivity index (χ4n) is 4.32. The molecule has 9 heteroatoms. The second-order valence-corrected chi connectivity index (χ2v) is 9.49. The molecule has 3 N–H and O–H groups in total. The Morgan fingerprint density at radius 2 is 1.79 bits per heavy atom. The maximum Gasteiger partial charge on any atom is 0.253 e. The molecule has 3 aromatic carbocycles. The monoisotopic (exact) mass is 536 g/mol. The van der Waals surface area contributed by atoms with Crippen LogP contribution in [-0.2, 0) is 0 Å². The Labute approximate surface area is 230 Å². The highest BCUT2D eigenvalue weighted by atomic mass is 35.5. The van der Waals surface area contributed by atoms with Crippen LogP contribution in [0.3, 0.4) is 0 Å². The van der Waals surface area contributed by atoms with Crippen LogP contribution in [0.1, 0.15) is 44.0 Å². The van der Waals surface area contributed by atoms with Gasteiger partial charge in [0.05, 0.1) is 16.8 Å². The molecule has 0 bridgehead atoms. The minimum Gasteiger partial charge on any atom is -0.369 e. The molecule has 2 heterocycles. The lowest BCUT2D eigenvalue weighted by Crippen LogP contribution is -2.26. The minimum atomic E-state index is -0.340. The number of nitrogens with zero attached hydrogens (tertiary/aromatic N) is 3. The van der Waals surface area contributed by atoms with Crippen LogP contribution in [0.25, 0.3) is 16.6 Å². The van der Waals surface area contributed by atoms with Gasteiger partial charge >= 0.3 is 0 Å². The van der Waals surface area contributed by atoms with Gasteiger partial charge in [0, 0.05) is 35.3 Å². The van der Waals surface area contributed by atoms with Crippen LogP contribution in [0.15, 0.2) is 79.0 Å². The van der Waals surface area contributed by atoms with Crippen LogP contribution < -0.4 is 10.6 Å². The van der Waals surface area contributed by atoms with Gasteiger partial charge < -0.3 is 15.6 Å². The Bertz CT molecular complexity index is 1690. The molecule has 0 saturated heterocycles. The predicted octanol–water partition coefficient (Wildman–Crippen LogP) is 5.65. The number of aryl methyl sites for hydroxylation is 1. The van der Waals surface area contributed by atoms with Crippen molar-refractivity contribution in [1.82, 2.24) is 20.1 Å². The summed E-state index contributed by atoms with van der Waals surface area (Å²) in [5.41, 5.74) is 3.71. The first-order chi connectivity index (χ1) is 19.0. The number of para-hydroxylation sites is 1. The van der Waals surface area contributed by atoms with Crippen molar-refractivity contribution in [2.75, 3.05) is 18.4 Å². The summed E-state index contributed by atoms with van der Waals surface area (Å²) in [7, 11) is 0. The molecule has 0 saturated carbocycles. The highest BCUT2D eigenvalue weighted by Gasteiger charge is 2.25. The van der Waals surface area contributed by atoms with E-state index >= 15 is 0 Å². The molecule has 0 spiro atoms. The average molecular weight is 537 g/mol. The summed E-state index contributed by atoms with van der Waals surface area (Å²) in [4.78, 5) is 29.2. The van der Waals surface area contributed by atoms with Gasteiger partial charge in [0.25, 0.3) is 5.91 Å². The zero-order valence-corrected chi connectivity index (χ0v) is 21.9. The first kappa shape index (κ1) is 25.8. The number of aromatic amines is 1. The van der Waals surface area contributed by atoms with Crippen molar-refractivity contribution in [3.8, 4) is 11.8 Å². The molecule has 39 heavy (non-hydrogen) atoms. The van der Waals surface area contributed by atoms with Gasteiger partial charge in [-0.15, -0.1) is 0 Å². The van der Waals surface area contributed by atoms with Crippen molar-refractivity contribution in [1.29, 1.82) is 5.26 Å². The van der Waals surface area contributed by atoms with E-state index in [1.807, 2.05) is 37.3 Å². The number of rotatable bonds is 9. The first-order valence-electron chi connectivity index (χ1n) is 12.4. The number of benzene rings is 3. The van der Waals surface area contributed by atoms with Crippen LogP contribution in [-0.4, -0.2) is 39.5 Å². The fraction of sp³-hybridized carbons (Fsp3) is 0.133. The molecular weight excluding hydrogens is 512 g/mol. The van der Waals surface area contributed by atoms with Gasteiger partial charge in [0.2, 0.25) is 5.78 Å². The summed E-state index contributed by atoms with van der Waals surface area (Å²) in [6.07, 6.45) is 2.38. The Hall–Kier alpha value is -4.87. The Morgan fingerprint density at radius 1 is 1.03 bits per heavy atom. The normalized spacial score (nSPS) is 10.8. The molecule has 8 nitrogen and oxygen atoms in total. The number of nitriles is 1. The molecule has 0 atom stereocenters. The van der Waals surface area contributed by atoms with Gasteiger partial charge in [0.1, 0.15) is 17.5 Å². The number of carbonyl (C=O) groups excluding carboxylic acids is 2. The lowest BCUT2D eigenvalue weighted by molar-refractivity contribution is 0.0954. The maximum absolute atomic E-state index is 13.3. The third-order valence-corrected chi connectivity index (χ3v) is 6.61. The van der Waals surface area contributed by atoms with Crippen LogP contribution in [0.2, 0.25) is 5.02 Å². The third-order valence-electron chi connectivity index (χ3n) is 6.36. The minimum absolute atomic E-state index is 0.0612. The van der Waals surface area contributed by atoms with E-state index in [1.165, 1.54) is 0 Å². The molecule has 0 aliphatic carbocycles. The zero-order chi connectivity index (χ0) is 27.4. The maximum atomic E-state index is 13.3. The topological polar surface area (TPSA) is 116 Å². The number of carbonyl (C=O) groups is 2. The second kappa shape index (κ2) is 11.3. The number of halogens is 1. The molecule has 0 aliphatic heterocycles. The number of amides is 1. The van der Waals surface area contributed by atoms with Crippen molar-refractivity contribution in [3.63, 3.8) is 0 Å². The number of fused-ring (bicyclic) bond motifs is 1. The molecule has 5 rings (SSSR count). The zero-order valence-electron chi connectivity index (χ0n) is 21.2. The average Bonchev–Trinajstić information content (AvgIpc) is 3.58. The van der Waals surface area contributed by atoms with Crippen LogP contribution in [0.4, 0.5) is 5.82 Å². The standard InChI is InChI=1S/C30H25ClN6O2/c1-19-6-8-21(9-7-19)28(38)27-25(18-32)29(37(36-27)23-12-10-22(31)11-13-23)34-15-3-16-35-30(39)24-5-2-4-20-14-17-33-26(20)24/h2,4-14,17,33-34H,3,15-16H2,1H3,(H,35,39). The Kier molecular flexibility index (Phi) is 7.43. The molecule has 0 aliphatic rings. The molecule has 0 radical (unpaired) electrons. The van der Waals surface area contributed by atoms with Crippen molar-refractivity contribution in [2.45, 2.75) is 13.3 Å². The van der Waals surface area contributed by atoms with E-state index in [0.29, 0.717) is 47.2 Å². The molecule has 2 aromatic heterocycles. The summed E-state index contributed by atoms with van der Waals surface area (Å²) in [6.45, 7) is 2.78. The van der Waals surface area contributed by atoms with Crippen LogP contribution in [0.5, 0.6) is 0 Å². The number of ketones is 1. The molecule has 1 amide bonds. The summed E-state index contributed by atoms with van der Waals surface area (Å²) in [6, 6.07) is 23.8.